The zero-order chi connectivity index (χ0) is 31.5. The van der Waals surface area contributed by atoms with Crippen molar-refractivity contribution in [3.8, 4) is 0 Å². The topological polar surface area (TPSA) is 132 Å². The Morgan fingerprint density at radius 2 is 1.26 bits per heavy atom. The maximum absolute atomic E-state index is 12.4. The molecule has 43 heavy (non-hydrogen) atoms. The zero-order valence-electron chi connectivity index (χ0n) is 25.6. The van der Waals surface area contributed by atoms with E-state index in [1.54, 1.807) is 0 Å². The van der Waals surface area contributed by atoms with Crippen LogP contribution in [0, 0.1) is 0 Å². The molecule has 0 atom stereocenters. The van der Waals surface area contributed by atoms with Gasteiger partial charge in [-0.3, -0.25) is 9.59 Å². The van der Waals surface area contributed by atoms with Gasteiger partial charge in [0.25, 0.3) is 0 Å². The summed E-state index contributed by atoms with van der Waals surface area (Å²) in [6.45, 7) is 10.8. The highest BCUT2D eigenvalue weighted by Gasteiger charge is 2.21. The van der Waals surface area contributed by atoms with E-state index in [-0.39, 0.29) is 44.8 Å². The van der Waals surface area contributed by atoms with Crippen LogP contribution in [-0.2, 0) is 64.2 Å². The molecule has 0 spiro atoms. The molecule has 0 saturated heterocycles. The number of nitrogens with zero attached hydrogens (tertiary/aromatic N) is 4. The average molecular weight is 607 g/mol. The molecule has 0 aliphatic carbocycles. The van der Waals surface area contributed by atoms with Gasteiger partial charge in [-0.1, -0.05) is 33.3 Å². The molecule has 2 aromatic rings. The van der Waals surface area contributed by atoms with Crippen molar-refractivity contribution >= 4 is 24.1 Å². The molecule has 0 aliphatic heterocycles. The van der Waals surface area contributed by atoms with E-state index in [1.807, 2.05) is 46.6 Å². The first kappa shape index (κ1) is 35.0. The van der Waals surface area contributed by atoms with E-state index in [1.165, 1.54) is 6.92 Å². The van der Waals surface area contributed by atoms with Crippen LogP contribution in [-0.4, -0.2) is 65.7 Å². The molecule has 0 amide bonds. The van der Waals surface area contributed by atoms with Crippen molar-refractivity contribution in [2.24, 2.45) is 0 Å². The van der Waals surface area contributed by atoms with Gasteiger partial charge in [0, 0.05) is 5.57 Å². The van der Waals surface area contributed by atoms with Gasteiger partial charge in [0.1, 0.15) is 64.3 Å². The Morgan fingerprint density at radius 1 is 0.767 bits per heavy atom. The van der Waals surface area contributed by atoms with Gasteiger partial charge in [0.05, 0.1) is 25.9 Å². The molecule has 0 radical (unpaired) electrons. The summed E-state index contributed by atoms with van der Waals surface area (Å²) >= 11 is 0. The van der Waals surface area contributed by atoms with E-state index >= 15 is 0 Å². The van der Waals surface area contributed by atoms with Gasteiger partial charge >= 0.3 is 24.1 Å². The molecule has 0 fully saturated rings. The Balaban J connectivity index is 1.82. The van der Waals surface area contributed by atoms with Crippen LogP contribution in [0.4, 0.5) is 4.79 Å². The molecule has 238 valence electrons. The molecule has 2 rings (SSSR count). The number of ether oxygens (including phenoxy) is 5. The second-order valence-electron chi connectivity index (χ2n) is 10.1. The molecule has 13 nitrogen and oxygen atoms in total. The number of carbonyl (C=O) groups is 4. The number of aryl methyl sites for hydroxylation is 4. The third-order valence-corrected chi connectivity index (χ3v) is 6.19. The monoisotopic (exact) mass is 606 g/mol. The number of esters is 3. The predicted octanol–water partition coefficient (Wildman–Crippen LogP) is 2.67. The minimum absolute atomic E-state index is 0.0998. The van der Waals surface area contributed by atoms with E-state index in [4.69, 9.17) is 23.7 Å². The molecule has 0 saturated carbocycles. The SMILES string of the molecule is C=C(C)C(=O)OCCOC(=O)OC(COC(=O)CCn1cc[n+](CCCC)c1)COC(=O)CCn1cc[n+](CCCC)c1. The lowest BCUT2D eigenvalue weighted by Crippen LogP contribution is -2.32. The summed E-state index contributed by atoms with van der Waals surface area (Å²) in [4.78, 5) is 48.4. The Labute approximate surface area is 252 Å². The lowest BCUT2D eigenvalue weighted by atomic mass is 10.3. The Kier molecular flexibility index (Phi) is 16.2. The lowest BCUT2D eigenvalue weighted by Gasteiger charge is -2.17. The van der Waals surface area contributed by atoms with Crippen LogP contribution in [0.5, 0.6) is 0 Å². The van der Waals surface area contributed by atoms with Crippen LogP contribution in [0.15, 0.2) is 49.6 Å². The molecule has 2 heterocycles. The number of imidazole rings is 2. The molecule has 0 N–H and O–H groups in total. The van der Waals surface area contributed by atoms with Crippen molar-refractivity contribution in [3.05, 3.63) is 49.6 Å². The maximum atomic E-state index is 12.4. The van der Waals surface area contributed by atoms with Gasteiger partial charge in [0.15, 0.2) is 6.10 Å². The lowest BCUT2D eigenvalue weighted by molar-refractivity contribution is -0.697. The fraction of sp³-hybridized carbons (Fsp3) is 0.600. The average Bonchev–Trinajstić information content (AvgIpc) is 3.65. The Bertz CT molecular complexity index is 1110. The number of unbranched alkanes of at least 4 members (excludes halogenated alkanes) is 2. The predicted molar refractivity (Wildman–Crippen MR) is 152 cm³/mol. The van der Waals surface area contributed by atoms with Gasteiger partial charge in [-0.25, -0.2) is 27.9 Å². The van der Waals surface area contributed by atoms with Gasteiger partial charge < -0.3 is 23.7 Å². The Morgan fingerprint density at radius 3 is 1.72 bits per heavy atom. The second-order valence-corrected chi connectivity index (χ2v) is 10.1. The van der Waals surface area contributed by atoms with Crippen LogP contribution in [0.1, 0.15) is 59.3 Å². The van der Waals surface area contributed by atoms with Crippen molar-refractivity contribution in [3.63, 3.8) is 0 Å². The van der Waals surface area contributed by atoms with Gasteiger partial charge in [-0.2, -0.15) is 0 Å². The normalized spacial score (nSPS) is 10.8. The van der Waals surface area contributed by atoms with Crippen molar-refractivity contribution in [2.45, 2.75) is 91.6 Å². The summed E-state index contributed by atoms with van der Waals surface area (Å²) in [5.74, 6) is -1.62. The van der Waals surface area contributed by atoms with E-state index in [2.05, 4.69) is 29.6 Å². The molecule has 0 unspecified atom stereocenters. The Hall–Kier alpha value is -4.16. The van der Waals surface area contributed by atoms with Crippen LogP contribution in [0.25, 0.3) is 0 Å². The summed E-state index contributed by atoms with van der Waals surface area (Å²) in [5.41, 5.74) is 0.214. The smallest absolute Gasteiger partial charge is 0.461 e. The van der Waals surface area contributed by atoms with Crippen molar-refractivity contribution in [1.82, 2.24) is 9.13 Å². The molecule has 2 aromatic heterocycles. The highest BCUT2D eigenvalue weighted by atomic mass is 16.7. The van der Waals surface area contributed by atoms with Gasteiger partial charge in [-0.15, -0.1) is 0 Å². The molecule has 0 aliphatic rings. The summed E-state index contributed by atoms with van der Waals surface area (Å²) < 4.78 is 33.5. The van der Waals surface area contributed by atoms with Crippen molar-refractivity contribution < 1.29 is 52.0 Å². The van der Waals surface area contributed by atoms with Crippen LogP contribution in [0.2, 0.25) is 0 Å². The summed E-state index contributed by atoms with van der Waals surface area (Å²) in [7, 11) is 0. The third kappa shape index (κ3) is 15.0. The first-order valence-corrected chi connectivity index (χ1v) is 14.8. The summed E-state index contributed by atoms with van der Waals surface area (Å²) in [6.07, 6.45) is 13.9. The summed E-state index contributed by atoms with van der Waals surface area (Å²) in [5, 5.41) is 0. The third-order valence-electron chi connectivity index (χ3n) is 6.19. The van der Waals surface area contributed by atoms with E-state index < -0.39 is 30.2 Å². The molecular weight excluding hydrogens is 560 g/mol. The van der Waals surface area contributed by atoms with E-state index in [0.29, 0.717) is 13.1 Å². The maximum Gasteiger partial charge on any atom is 0.508 e. The highest BCUT2D eigenvalue weighted by Crippen LogP contribution is 2.04. The zero-order valence-corrected chi connectivity index (χ0v) is 25.6. The van der Waals surface area contributed by atoms with Gasteiger partial charge in [-0.05, 0) is 19.8 Å². The van der Waals surface area contributed by atoms with Crippen LogP contribution >= 0.6 is 0 Å². The first-order chi connectivity index (χ1) is 20.7. The molecule has 13 heteroatoms. The quantitative estimate of drug-likeness (QED) is 0.0692. The number of hydrogen-bond donors (Lipinski definition) is 0. The van der Waals surface area contributed by atoms with Crippen molar-refractivity contribution in [1.29, 1.82) is 0 Å². The fourth-order valence-corrected chi connectivity index (χ4v) is 3.71. The molecule has 0 bridgehead atoms. The van der Waals surface area contributed by atoms with E-state index in [9.17, 15) is 19.2 Å². The largest absolute Gasteiger partial charge is 0.508 e. The summed E-state index contributed by atoms with van der Waals surface area (Å²) in [6, 6.07) is 0. The second kappa shape index (κ2) is 19.9. The number of rotatable bonds is 21. The van der Waals surface area contributed by atoms with Crippen molar-refractivity contribution in [2.75, 3.05) is 26.4 Å². The minimum Gasteiger partial charge on any atom is -0.461 e. The standard InChI is InChI=1S/C30H46N4O9/c1-5-7-11-31-15-17-33(23-31)13-9-27(35)41-21-26(43-30(38)40-20-19-39-29(37)25(3)4)22-42-28(36)10-14-34-18-16-32(24-34)12-8-6-2/h15-18,23-24,26H,3,5-14,19-22H2,1-2,4H3/q+2. The molecule has 0 aromatic carbocycles. The highest BCUT2D eigenvalue weighted by molar-refractivity contribution is 5.86. The van der Waals surface area contributed by atoms with Gasteiger partial charge in [0.2, 0.25) is 12.7 Å². The number of hydrogen-bond acceptors (Lipinski definition) is 9. The molecular formula is C30H46N4O9+2. The minimum atomic E-state index is -1.09. The van der Waals surface area contributed by atoms with Crippen LogP contribution in [0.3, 0.4) is 0 Å². The fourth-order valence-electron chi connectivity index (χ4n) is 3.71. The number of carbonyl (C=O) groups excluding carboxylic acids is 4. The first-order valence-electron chi connectivity index (χ1n) is 14.8. The van der Waals surface area contributed by atoms with E-state index in [0.717, 1.165) is 38.8 Å². The van der Waals surface area contributed by atoms with Crippen LogP contribution < -0.4 is 9.13 Å². The number of aromatic nitrogens is 4.